The highest BCUT2D eigenvalue weighted by molar-refractivity contribution is 7.97. The molecule has 6 heteroatoms. The summed E-state index contributed by atoms with van der Waals surface area (Å²) in [5, 5.41) is 0. The fraction of sp³-hybridized carbons (Fsp3) is 0.857. The van der Waals surface area contributed by atoms with Gasteiger partial charge in [0.2, 0.25) is 0 Å². The Morgan fingerprint density at radius 2 is 2.00 bits per heavy atom. The Bertz CT molecular complexity index is 160. The molecule has 0 aromatic rings. The number of unbranched alkanes of at least 4 members (excludes halogenated alkanes) is 2. The second-order valence-electron chi connectivity index (χ2n) is 2.48. The molecule has 1 amide bonds. The van der Waals surface area contributed by atoms with Crippen LogP contribution in [-0.2, 0) is 4.79 Å². The summed E-state index contributed by atoms with van der Waals surface area (Å²) in [5.41, 5.74) is 0. The average Bonchev–Trinajstić information content (AvgIpc) is 2.02. The maximum atomic E-state index is 11.6. The number of carbonyl (C=O) groups excluding carboxylic acids is 1. The summed E-state index contributed by atoms with van der Waals surface area (Å²) >= 11 is 0.809. The van der Waals surface area contributed by atoms with Crippen LogP contribution in [-0.4, -0.2) is 17.8 Å². The van der Waals surface area contributed by atoms with Crippen molar-refractivity contribution in [3.63, 3.8) is 0 Å². The normalized spacial score (nSPS) is 11.4. The minimum Gasteiger partial charge on any atom is -0.292 e. The van der Waals surface area contributed by atoms with E-state index in [0.717, 1.165) is 31.2 Å². The molecule has 0 saturated carbocycles. The van der Waals surface area contributed by atoms with Crippen molar-refractivity contribution in [1.82, 2.24) is 4.72 Å². The van der Waals surface area contributed by atoms with E-state index in [1.165, 1.54) is 0 Å². The molecule has 0 unspecified atom stereocenters. The summed E-state index contributed by atoms with van der Waals surface area (Å²) in [5.74, 6) is -1.36. The predicted octanol–water partition coefficient (Wildman–Crippen LogP) is 2.50. The molecule has 0 aromatic carbocycles. The van der Waals surface area contributed by atoms with E-state index in [0.29, 0.717) is 5.75 Å². The molecule has 1 N–H and O–H groups in total. The first-order chi connectivity index (χ1) is 5.98. The molecule has 0 atom stereocenters. The highest BCUT2D eigenvalue weighted by atomic mass is 32.2. The van der Waals surface area contributed by atoms with Crippen LogP contribution in [0.2, 0.25) is 0 Å². The van der Waals surface area contributed by atoms with Crippen LogP contribution in [0.15, 0.2) is 0 Å². The first-order valence-corrected chi connectivity index (χ1v) is 4.96. The van der Waals surface area contributed by atoms with Crippen molar-refractivity contribution in [1.29, 1.82) is 0 Å². The van der Waals surface area contributed by atoms with Gasteiger partial charge in [-0.15, -0.1) is 0 Å². The number of alkyl halides is 3. The van der Waals surface area contributed by atoms with Crippen LogP contribution in [0.1, 0.15) is 26.2 Å². The van der Waals surface area contributed by atoms with Crippen LogP contribution in [0.5, 0.6) is 0 Å². The van der Waals surface area contributed by atoms with E-state index in [-0.39, 0.29) is 0 Å². The van der Waals surface area contributed by atoms with Crippen LogP contribution in [0, 0.1) is 0 Å². The fourth-order valence-corrected chi connectivity index (χ4v) is 1.30. The van der Waals surface area contributed by atoms with Crippen LogP contribution < -0.4 is 4.72 Å². The molecule has 0 aliphatic heterocycles. The molecule has 2 nitrogen and oxygen atoms in total. The topological polar surface area (TPSA) is 29.1 Å². The van der Waals surface area contributed by atoms with E-state index in [4.69, 9.17) is 0 Å². The third kappa shape index (κ3) is 6.74. The molecular weight excluding hydrogens is 203 g/mol. The summed E-state index contributed by atoms with van der Waals surface area (Å²) < 4.78 is 36.5. The van der Waals surface area contributed by atoms with Gasteiger partial charge in [0.15, 0.2) is 0 Å². The lowest BCUT2D eigenvalue weighted by molar-refractivity contribution is -0.171. The van der Waals surface area contributed by atoms with E-state index in [1.807, 2.05) is 6.92 Å². The average molecular weight is 215 g/mol. The number of rotatable bonds is 5. The maximum Gasteiger partial charge on any atom is 0.472 e. The Kier molecular flexibility index (Phi) is 5.94. The zero-order valence-electron chi connectivity index (χ0n) is 7.28. The van der Waals surface area contributed by atoms with Gasteiger partial charge in [0.25, 0.3) is 0 Å². The maximum absolute atomic E-state index is 11.6. The Hall–Kier alpha value is -0.390. The van der Waals surface area contributed by atoms with E-state index in [1.54, 1.807) is 4.72 Å². The lowest BCUT2D eigenvalue weighted by Crippen LogP contribution is -2.32. The molecule has 78 valence electrons. The van der Waals surface area contributed by atoms with Gasteiger partial charge < -0.3 is 0 Å². The van der Waals surface area contributed by atoms with E-state index in [9.17, 15) is 18.0 Å². The zero-order valence-corrected chi connectivity index (χ0v) is 8.10. The van der Waals surface area contributed by atoms with Gasteiger partial charge in [0.05, 0.1) is 0 Å². The molecule has 0 saturated heterocycles. The third-order valence-electron chi connectivity index (χ3n) is 1.27. The Balaban J connectivity index is 3.38. The minimum atomic E-state index is -4.77. The van der Waals surface area contributed by atoms with Gasteiger partial charge in [-0.25, -0.2) is 0 Å². The number of amides is 1. The van der Waals surface area contributed by atoms with Crippen molar-refractivity contribution in [3.8, 4) is 0 Å². The van der Waals surface area contributed by atoms with Crippen molar-refractivity contribution in [2.24, 2.45) is 0 Å². The van der Waals surface area contributed by atoms with E-state index >= 15 is 0 Å². The van der Waals surface area contributed by atoms with Crippen molar-refractivity contribution < 1.29 is 18.0 Å². The van der Waals surface area contributed by atoms with Crippen LogP contribution in [0.3, 0.4) is 0 Å². The standard InChI is InChI=1S/C7H12F3NOS/c1-2-3-4-5-13-11-6(12)7(8,9)10/h2-5H2,1H3,(H,11,12). The van der Waals surface area contributed by atoms with Gasteiger partial charge in [0, 0.05) is 5.75 Å². The Labute approximate surface area is 79.4 Å². The van der Waals surface area contributed by atoms with Gasteiger partial charge in [-0.2, -0.15) is 13.2 Å². The molecule has 0 rings (SSSR count). The van der Waals surface area contributed by atoms with Crippen LogP contribution in [0.25, 0.3) is 0 Å². The van der Waals surface area contributed by atoms with Crippen molar-refractivity contribution >= 4 is 17.9 Å². The monoisotopic (exact) mass is 215 g/mol. The molecule has 0 radical (unpaired) electrons. The first-order valence-electron chi connectivity index (χ1n) is 3.97. The number of nitrogens with one attached hydrogen (secondary N) is 1. The van der Waals surface area contributed by atoms with Gasteiger partial charge >= 0.3 is 12.1 Å². The summed E-state index contributed by atoms with van der Waals surface area (Å²) in [4.78, 5) is 10.2. The van der Waals surface area contributed by atoms with E-state index in [2.05, 4.69) is 0 Å². The second-order valence-corrected chi connectivity index (χ2v) is 3.39. The SMILES string of the molecule is CCCCCSNC(=O)C(F)(F)F. The van der Waals surface area contributed by atoms with Gasteiger partial charge in [-0.3, -0.25) is 9.52 Å². The zero-order chi connectivity index (χ0) is 10.3. The third-order valence-corrected chi connectivity index (χ3v) is 2.09. The highest BCUT2D eigenvalue weighted by Crippen LogP contribution is 2.15. The van der Waals surface area contributed by atoms with Crippen LogP contribution in [0.4, 0.5) is 13.2 Å². The van der Waals surface area contributed by atoms with Gasteiger partial charge in [0.1, 0.15) is 0 Å². The van der Waals surface area contributed by atoms with Gasteiger partial charge in [-0.1, -0.05) is 31.7 Å². The molecule has 0 aliphatic carbocycles. The van der Waals surface area contributed by atoms with Crippen molar-refractivity contribution in [3.05, 3.63) is 0 Å². The van der Waals surface area contributed by atoms with Crippen molar-refractivity contribution in [2.75, 3.05) is 5.75 Å². The number of hydrogen-bond donors (Lipinski definition) is 1. The quantitative estimate of drug-likeness (QED) is 0.564. The first kappa shape index (κ1) is 12.6. The molecule has 0 fully saturated rings. The molecule has 0 spiro atoms. The number of carbonyl (C=O) groups is 1. The van der Waals surface area contributed by atoms with Gasteiger partial charge in [-0.05, 0) is 6.42 Å². The van der Waals surface area contributed by atoms with Crippen LogP contribution >= 0.6 is 11.9 Å². The molecule has 0 aliphatic rings. The highest BCUT2D eigenvalue weighted by Gasteiger charge is 2.38. The smallest absolute Gasteiger partial charge is 0.292 e. The largest absolute Gasteiger partial charge is 0.472 e. The molecule has 13 heavy (non-hydrogen) atoms. The second kappa shape index (κ2) is 6.12. The molecule has 0 aromatic heterocycles. The minimum absolute atomic E-state index is 0.523. The summed E-state index contributed by atoms with van der Waals surface area (Å²) in [7, 11) is 0. The fourth-order valence-electron chi connectivity index (χ4n) is 0.599. The summed E-state index contributed by atoms with van der Waals surface area (Å²) in [6.07, 6.45) is -1.97. The molecule has 0 bridgehead atoms. The van der Waals surface area contributed by atoms with Crippen molar-refractivity contribution in [2.45, 2.75) is 32.4 Å². The Morgan fingerprint density at radius 3 is 2.46 bits per heavy atom. The number of halogens is 3. The van der Waals surface area contributed by atoms with E-state index < -0.39 is 12.1 Å². The number of hydrogen-bond acceptors (Lipinski definition) is 2. The molecular formula is C7H12F3NOS. The lowest BCUT2D eigenvalue weighted by atomic mass is 10.3. The summed E-state index contributed by atoms with van der Waals surface area (Å²) in [6, 6.07) is 0. The predicted molar refractivity (Wildman–Crippen MR) is 46.2 cm³/mol. The molecule has 0 heterocycles. The summed E-state index contributed by atoms with van der Waals surface area (Å²) in [6.45, 7) is 2.00. The Morgan fingerprint density at radius 1 is 1.38 bits per heavy atom. The lowest BCUT2D eigenvalue weighted by Gasteiger charge is -2.06.